The molecular formula is C17H17F3N4. The lowest BCUT2D eigenvalue weighted by Crippen LogP contribution is -2.40. The van der Waals surface area contributed by atoms with Crippen molar-refractivity contribution in [3.8, 4) is 12.3 Å². The second-order valence-electron chi connectivity index (χ2n) is 5.73. The number of terminal acetylenes is 1. The van der Waals surface area contributed by atoms with Gasteiger partial charge in [0.15, 0.2) is 0 Å². The molecule has 3 rings (SSSR count). The predicted molar refractivity (Wildman–Crippen MR) is 85.9 cm³/mol. The van der Waals surface area contributed by atoms with Crippen molar-refractivity contribution < 1.29 is 13.2 Å². The molecule has 0 fully saturated rings. The number of fused-ring (bicyclic) bond motifs is 1. The van der Waals surface area contributed by atoms with Gasteiger partial charge in [0.2, 0.25) is 0 Å². The van der Waals surface area contributed by atoms with Crippen molar-refractivity contribution in [1.82, 2.24) is 15.1 Å². The quantitative estimate of drug-likeness (QED) is 0.689. The van der Waals surface area contributed by atoms with Crippen LogP contribution in [0.5, 0.6) is 0 Å². The van der Waals surface area contributed by atoms with Crippen LogP contribution in [0.3, 0.4) is 0 Å². The van der Waals surface area contributed by atoms with Crippen molar-refractivity contribution in [3.63, 3.8) is 0 Å². The molecule has 1 N–H and O–H groups in total. The topological polar surface area (TPSA) is 33.1 Å². The third kappa shape index (κ3) is 3.39. The Morgan fingerprint density at radius 3 is 2.62 bits per heavy atom. The smallest absolute Gasteiger partial charge is 0.326 e. The van der Waals surface area contributed by atoms with E-state index in [-0.39, 0.29) is 5.92 Å². The molecule has 0 saturated carbocycles. The van der Waals surface area contributed by atoms with E-state index in [0.29, 0.717) is 18.8 Å². The van der Waals surface area contributed by atoms with Crippen LogP contribution in [0, 0.1) is 18.3 Å². The van der Waals surface area contributed by atoms with Crippen molar-refractivity contribution in [3.05, 3.63) is 42.1 Å². The Morgan fingerprint density at radius 1 is 1.21 bits per heavy atom. The minimum atomic E-state index is -4.33. The zero-order valence-electron chi connectivity index (χ0n) is 12.9. The molecule has 2 aromatic rings. The molecule has 7 heteroatoms. The Hall–Kier alpha value is -2.46. The highest BCUT2D eigenvalue weighted by Crippen LogP contribution is 2.34. The summed E-state index contributed by atoms with van der Waals surface area (Å²) in [7, 11) is 0. The lowest BCUT2D eigenvalue weighted by molar-refractivity contribution is -0.137. The highest BCUT2D eigenvalue weighted by Gasteiger charge is 2.31. The number of halogens is 3. The molecule has 24 heavy (non-hydrogen) atoms. The first-order valence-electron chi connectivity index (χ1n) is 7.60. The first-order chi connectivity index (χ1) is 11.5. The molecule has 0 spiro atoms. The normalized spacial score (nSPS) is 17.4. The van der Waals surface area contributed by atoms with Crippen LogP contribution in [0.25, 0.3) is 0 Å². The van der Waals surface area contributed by atoms with Crippen molar-refractivity contribution >= 4 is 11.5 Å². The maximum absolute atomic E-state index is 12.7. The van der Waals surface area contributed by atoms with Gasteiger partial charge in [-0.15, -0.1) is 6.42 Å². The van der Waals surface area contributed by atoms with Crippen LogP contribution in [0.15, 0.2) is 36.5 Å². The number of alkyl halides is 3. The van der Waals surface area contributed by atoms with Crippen LogP contribution in [0.4, 0.5) is 24.7 Å². The second-order valence-corrected chi connectivity index (χ2v) is 5.73. The minimum absolute atomic E-state index is 0.257. The van der Waals surface area contributed by atoms with Crippen LogP contribution >= 0.6 is 0 Å². The molecule has 126 valence electrons. The monoisotopic (exact) mass is 334 g/mol. The SMILES string of the molecule is C#CCNCC1CN(c2ccc(C(F)(F)F)cc2)c2ccnn2C1. The number of rotatable bonds is 4. The largest absolute Gasteiger partial charge is 0.416 e. The Labute approximate surface area is 138 Å². The van der Waals surface area contributed by atoms with Gasteiger partial charge in [-0.3, -0.25) is 0 Å². The van der Waals surface area contributed by atoms with Gasteiger partial charge >= 0.3 is 6.18 Å². The van der Waals surface area contributed by atoms with E-state index in [0.717, 1.165) is 31.0 Å². The maximum Gasteiger partial charge on any atom is 0.416 e. The van der Waals surface area contributed by atoms with Crippen molar-refractivity contribution in [2.75, 3.05) is 24.5 Å². The fourth-order valence-corrected chi connectivity index (χ4v) is 2.90. The zero-order valence-corrected chi connectivity index (χ0v) is 12.9. The number of aromatic nitrogens is 2. The van der Waals surface area contributed by atoms with Crippen molar-refractivity contribution in [1.29, 1.82) is 0 Å². The van der Waals surface area contributed by atoms with E-state index in [1.54, 1.807) is 6.20 Å². The van der Waals surface area contributed by atoms with Crippen molar-refractivity contribution in [2.45, 2.75) is 12.7 Å². The Kier molecular flexibility index (Phi) is 4.49. The zero-order chi connectivity index (χ0) is 17.2. The number of nitrogens with zero attached hydrogens (tertiary/aromatic N) is 3. The summed E-state index contributed by atoms with van der Waals surface area (Å²) in [5.41, 5.74) is 0.0652. The first-order valence-corrected chi connectivity index (χ1v) is 7.60. The third-order valence-electron chi connectivity index (χ3n) is 4.01. The van der Waals surface area contributed by atoms with Gasteiger partial charge < -0.3 is 10.2 Å². The number of nitrogens with one attached hydrogen (secondary N) is 1. The molecule has 1 unspecified atom stereocenters. The van der Waals surface area contributed by atoms with Crippen LogP contribution in [0.2, 0.25) is 0 Å². The van der Waals surface area contributed by atoms with E-state index in [9.17, 15) is 13.2 Å². The van der Waals surface area contributed by atoms with E-state index in [2.05, 4.69) is 16.3 Å². The predicted octanol–water partition coefficient (Wildman–Crippen LogP) is 2.89. The van der Waals surface area contributed by atoms with Crippen LogP contribution in [-0.2, 0) is 12.7 Å². The molecule has 0 saturated heterocycles. The van der Waals surface area contributed by atoms with Gasteiger partial charge in [-0.25, -0.2) is 4.68 Å². The third-order valence-corrected chi connectivity index (χ3v) is 4.01. The highest BCUT2D eigenvalue weighted by molar-refractivity contribution is 5.61. The Balaban J connectivity index is 1.82. The van der Waals surface area contributed by atoms with Gasteiger partial charge in [0.05, 0.1) is 18.3 Å². The van der Waals surface area contributed by atoms with Gasteiger partial charge in [0.25, 0.3) is 0 Å². The van der Waals surface area contributed by atoms with E-state index >= 15 is 0 Å². The number of hydrogen-bond acceptors (Lipinski definition) is 3. The Bertz CT molecular complexity index is 728. The highest BCUT2D eigenvalue weighted by atomic mass is 19.4. The van der Waals surface area contributed by atoms with E-state index in [1.165, 1.54) is 12.1 Å². The molecule has 4 nitrogen and oxygen atoms in total. The second kappa shape index (κ2) is 6.57. The Morgan fingerprint density at radius 2 is 1.96 bits per heavy atom. The summed E-state index contributed by atoms with van der Waals surface area (Å²) < 4.78 is 40.1. The van der Waals surface area contributed by atoms with Gasteiger partial charge in [-0.2, -0.15) is 18.3 Å². The summed E-state index contributed by atoms with van der Waals surface area (Å²) in [4.78, 5) is 1.98. The van der Waals surface area contributed by atoms with E-state index in [1.807, 2.05) is 15.6 Å². The molecule has 0 aliphatic carbocycles. The molecule has 2 heterocycles. The lowest BCUT2D eigenvalue weighted by Gasteiger charge is -2.35. The van der Waals surface area contributed by atoms with Gasteiger partial charge in [-0.1, -0.05) is 5.92 Å². The molecule has 0 amide bonds. The average molecular weight is 334 g/mol. The fourth-order valence-electron chi connectivity index (χ4n) is 2.90. The van der Waals surface area contributed by atoms with E-state index < -0.39 is 11.7 Å². The number of hydrogen-bond donors (Lipinski definition) is 1. The standard InChI is InChI=1S/C17H17F3N4/c1-2-8-21-10-13-11-23(16-7-9-22-24(16)12-13)15-5-3-14(4-6-15)17(18,19)20/h1,3-7,9,13,21H,8,10-12H2. The molecule has 0 radical (unpaired) electrons. The van der Waals surface area contributed by atoms with Crippen LogP contribution < -0.4 is 10.2 Å². The van der Waals surface area contributed by atoms with E-state index in [4.69, 9.17) is 6.42 Å². The fraction of sp³-hybridized carbons (Fsp3) is 0.353. The summed E-state index contributed by atoms with van der Waals surface area (Å²) in [6.07, 6.45) is 2.61. The molecular weight excluding hydrogens is 317 g/mol. The summed E-state index contributed by atoms with van der Waals surface area (Å²) in [6, 6.07) is 7.07. The average Bonchev–Trinajstić information content (AvgIpc) is 3.02. The van der Waals surface area contributed by atoms with Crippen LogP contribution in [-0.4, -0.2) is 29.4 Å². The number of anilines is 2. The van der Waals surface area contributed by atoms with Gasteiger partial charge in [0, 0.05) is 37.3 Å². The summed E-state index contributed by atoms with van der Waals surface area (Å²) in [5.74, 6) is 3.67. The molecule has 1 aliphatic rings. The maximum atomic E-state index is 12.7. The molecule has 1 atom stereocenters. The molecule has 0 bridgehead atoms. The molecule has 1 aromatic carbocycles. The first kappa shape index (κ1) is 16.4. The van der Waals surface area contributed by atoms with Gasteiger partial charge in [0.1, 0.15) is 5.82 Å². The lowest BCUT2D eigenvalue weighted by atomic mass is 10.1. The van der Waals surface area contributed by atoms with Crippen molar-refractivity contribution in [2.24, 2.45) is 5.92 Å². The molecule has 1 aromatic heterocycles. The summed E-state index contributed by atoms with van der Waals surface area (Å²) in [5, 5.41) is 7.47. The van der Waals surface area contributed by atoms with Crippen LogP contribution in [0.1, 0.15) is 5.56 Å². The minimum Gasteiger partial charge on any atom is -0.326 e. The molecule has 1 aliphatic heterocycles. The number of benzene rings is 1. The summed E-state index contributed by atoms with van der Waals surface area (Å²) >= 11 is 0. The van der Waals surface area contributed by atoms with Gasteiger partial charge in [-0.05, 0) is 24.3 Å². The summed E-state index contributed by atoms with van der Waals surface area (Å²) in [6.45, 7) is 2.65.